The molecule has 1 N–H and O–H groups in total. The Morgan fingerprint density at radius 2 is 1.02 bits per heavy atom. The first-order valence-corrected chi connectivity index (χ1v) is 14.6. The Bertz CT molecular complexity index is 978. The van der Waals surface area contributed by atoms with Gasteiger partial charge in [0.05, 0.1) is 21.7 Å². The molecule has 0 radical (unpaired) electrons. The summed E-state index contributed by atoms with van der Waals surface area (Å²) in [6.45, 7) is 21.4. The topological polar surface area (TPSA) is 144 Å². The van der Waals surface area contributed by atoms with Gasteiger partial charge in [-0.15, -0.1) is 0 Å². The quantitative estimate of drug-likeness (QED) is 0.298. The zero-order chi connectivity index (χ0) is 32.8. The number of unbranched alkanes of at least 4 members (excludes halogenated alkanes) is 1. The summed E-state index contributed by atoms with van der Waals surface area (Å²) in [6.07, 6.45) is -5.08. The van der Waals surface area contributed by atoms with Gasteiger partial charge in [0.1, 0.15) is 12.7 Å². The molecular weight excluding hydrogens is 546 g/mol. The molecule has 0 aromatic rings. The van der Waals surface area contributed by atoms with E-state index in [0.29, 0.717) is 6.42 Å². The Morgan fingerprint density at radius 1 is 0.619 bits per heavy atom. The largest absolute Gasteiger partial charge is 0.462 e. The third-order valence-corrected chi connectivity index (χ3v) is 6.25. The molecule has 5 unspecified atom stereocenters. The van der Waals surface area contributed by atoms with Gasteiger partial charge < -0.3 is 29.0 Å². The van der Waals surface area contributed by atoms with E-state index in [-0.39, 0.29) is 18.9 Å². The van der Waals surface area contributed by atoms with Gasteiger partial charge in [-0.05, 0) is 89.5 Å². The molecule has 11 nitrogen and oxygen atoms in total. The van der Waals surface area contributed by atoms with E-state index in [9.17, 15) is 24.0 Å². The lowest BCUT2D eigenvalue weighted by atomic mass is 9.92. The van der Waals surface area contributed by atoms with E-state index in [2.05, 4.69) is 5.32 Å². The Hall–Kier alpha value is -2.69. The summed E-state index contributed by atoms with van der Waals surface area (Å²) in [5.74, 6) is -2.88. The van der Waals surface area contributed by atoms with Gasteiger partial charge in [-0.1, -0.05) is 13.3 Å². The number of hydrogen-bond donors (Lipinski definition) is 1. The predicted octanol–water partition coefficient (Wildman–Crippen LogP) is 4.48. The Balaban J connectivity index is 3.75. The standard InChI is InChI=1S/C31H53NO10/c1-14-15-16-19(33)32-23-22(42-27(37)31(11,12)13)21(41-26(36)30(8,9)10)20(40-25(35)29(5,6)7)18(39-23)17-38-24(34)28(2,3)4/h18,20-23H,14-17H2,1-13H3,(H,32,33). The Labute approximate surface area is 251 Å². The highest BCUT2D eigenvalue weighted by atomic mass is 16.7. The van der Waals surface area contributed by atoms with Crippen molar-refractivity contribution in [1.29, 1.82) is 0 Å². The maximum atomic E-state index is 13.2. The minimum Gasteiger partial charge on any atom is -0.462 e. The van der Waals surface area contributed by atoms with Crippen LogP contribution in [0.1, 0.15) is 109 Å². The van der Waals surface area contributed by atoms with Crippen LogP contribution < -0.4 is 5.32 Å². The van der Waals surface area contributed by atoms with Crippen molar-refractivity contribution in [3.63, 3.8) is 0 Å². The molecule has 242 valence electrons. The van der Waals surface area contributed by atoms with Crippen LogP contribution in [-0.2, 0) is 47.7 Å². The van der Waals surface area contributed by atoms with Gasteiger partial charge in [-0.25, -0.2) is 0 Å². The van der Waals surface area contributed by atoms with Gasteiger partial charge in [0, 0.05) is 6.42 Å². The molecule has 1 saturated heterocycles. The molecule has 1 amide bonds. The zero-order valence-electron chi connectivity index (χ0n) is 27.8. The van der Waals surface area contributed by atoms with Gasteiger partial charge in [0.15, 0.2) is 24.5 Å². The number of rotatable bonds is 9. The summed E-state index contributed by atoms with van der Waals surface area (Å²) in [5.41, 5.74) is -3.76. The molecule has 0 saturated carbocycles. The molecule has 0 aromatic heterocycles. The maximum absolute atomic E-state index is 13.2. The number of carbonyl (C=O) groups excluding carboxylic acids is 5. The van der Waals surface area contributed by atoms with Crippen molar-refractivity contribution in [3.8, 4) is 0 Å². The highest BCUT2D eigenvalue weighted by molar-refractivity contribution is 5.79. The molecule has 1 aliphatic rings. The van der Waals surface area contributed by atoms with E-state index in [4.69, 9.17) is 23.7 Å². The van der Waals surface area contributed by atoms with Crippen molar-refractivity contribution in [1.82, 2.24) is 5.32 Å². The molecule has 1 aliphatic heterocycles. The lowest BCUT2D eigenvalue weighted by Crippen LogP contribution is -2.67. The average Bonchev–Trinajstić information content (AvgIpc) is 2.81. The van der Waals surface area contributed by atoms with Crippen molar-refractivity contribution < 1.29 is 47.7 Å². The third kappa shape index (κ3) is 11.2. The number of ether oxygens (including phenoxy) is 5. The lowest BCUT2D eigenvalue weighted by molar-refractivity contribution is -0.264. The SMILES string of the molecule is CCCCC(=O)NC1OC(COC(=O)C(C)(C)C)C(OC(=O)C(C)(C)C)C(OC(=O)C(C)(C)C)C1OC(=O)C(C)(C)C. The molecule has 0 spiro atoms. The van der Waals surface area contributed by atoms with E-state index in [0.717, 1.165) is 6.42 Å². The Kier molecular flexibility index (Phi) is 12.6. The van der Waals surface area contributed by atoms with Crippen LogP contribution in [0.3, 0.4) is 0 Å². The van der Waals surface area contributed by atoms with Crippen molar-refractivity contribution in [3.05, 3.63) is 0 Å². The minimum atomic E-state index is -1.40. The summed E-state index contributed by atoms with van der Waals surface area (Å²) in [7, 11) is 0. The normalized spacial score (nSPS) is 23.4. The van der Waals surface area contributed by atoms with Crippen LogP contribution in [-0.4, -0.2) is 67.0 Å². The van der Waals surface area contributed by atoms with Crippen molar-refractivity contribution >= 4 is 29.8 Å². The molecular formula is C31H53NO10. The monoisotopic (exact) mass is 599 g/mol. The number of carbonyl (C=O) groups is 5. The van der Waals surface area contributed by atoms with E-state index in [1.807, 2.05) is 6.92 Å². The van der Waals surface area contributed by atoms with Crippen LogP contribution in [0.4, 0.5) is 0 Å². The fourth-order valence-corrected chi connectivity index (χ4v) is 3.41. The first-order chi connectivity index (χ1) is 18.9. The first-order valence-electron chi connectivity index (χ1n) is 14.6. The number of hydrogen-bond acceptors (Lipinski definition) is 10. The second-order valence-corrected chi connectivity index (χ2v) is 15.0. The van der Waals surface area contributed by atoms with Crippen LogP contribution in [0.25, 0.3) is 0 Å². The summed E-state index contributed by atoms with van der Waals surface area (Å²) in [5, 5.41) is 2.74. The fourth-order valence-electron chi connectivity index (χ4n) is 3.41. The van der Waals surface area contributed by atoms with Gasteiger partial charge in [-0.3, -0.25) is 24.0 Å². The third-order valence-electron chi connectivity index (χ3n) is 6.25. The number of esters is 4. The molecule has 42 heavy (non-hydrogen) atoms. The van der Waals surface area contributed by atoms with E-state index in [1.54, 1.807) is 83.1 Å². The molecule has 0 aromatic carbocycles. The smallest absolute Gasteiger partial charge is 0.311 e. The average molecular weight is 600 g/mol. The summed E-state index contributed by atoms with van der Waals surface area (Å²) < 4.78 is 29.4. The fraction of sp³-hybridized carbons (Fsp3) is 0.839. The second-order valence-electron chi connectivity index (χ2n) is 15.0. The van der Waals surface area contributed by atoms with E-state index in [1.165, 1.54) is 0 Å². The van der Waals surface area contributed by atoms with Gasteiger partial charge in [-0.2, -0.15) is 0 Å². The van der Waals surface area contributed by atoms with E-state index < -0.39 is 76.2 Å². The molecule has 1 fully saturated rings. The summed E-state index contributed by atoms with van der Waals surface area (Å²) in [6, 6.07) is 0. The molecule has 5 atom stereocenters. The highest BCUT2D eigenvalue weighted by Crippen LogP contribution is 2.33. The summed E-state index contributed by atoms with van der Waals surface area (Å²) in [4.78, 5) is 65.1. The minimum absolute atomic E-state index is 0.175. The van der Waals surface area contributed by atoms with Gasteiger partial charge in [0.25, 0.3) is 0 Å². The van der Waals surface area contributed by atoms with Gasteiger partial charge in [0.2, 0.25) is 5.91 Å². The van der Waals surface area contributed by atoms with Crippen molar-refractivity contribution in [2.45, 2.75) is 140 Å². The van der Waals surface area contributed by atoms with Crippen LogP contribution in [0.5, 0.6) is 0 Å². The Morgan fingerprint density at radius 3 is 1.43 bits per heavy atom. The maximum Gasteiger partial charge on any atom is 0.311 e. The molecule has 0 bridgehead atoms. The molecule has 1 heterocycles. The van der Waals surface area contributed by atoms with E-state index >= 15 is 0 Å². The highest BCUT2D eigenvalue weighted by Gasteiger charge is 2.55. The van der Waals surface area contributed by atoms with Crippen LogP contribution >= 0.6 is 0 Å². The van der Waals surface area contributed by atoms with Crippen LogP contribution in [0, 0.1) is 21.7 Å². The zero-order valence-corrected chi connectivity index (χ0v) is 27.8. The van der Waals surface area contributed by atoms with Crippen LogP contribution in [0.15, 0.2) is 0 Å². The van der Waals surface area contributed by atoms with Crippen LogP contribution in [0.2, 0.25) is 0 Å². The second kappa shape index (κ2) is 14.2. The number of nitrogens with one attached hydrogen (secondary N) is 1. The van der Waals surface area contributed by atoms with Crippen molar-refractivity contribution in [2.75, 3.05) is 6.61 Å². The molecule has 0 aliphatic carbocycles. The predicted molar refractivity (Wildman–Crippen MR) is 155 cm³/mol. The lowest BCUT2D eigenvalue weighted by Gasteiger charge is -2.46. The van der Waals surface area contributed by atoms with Gasteiger partial charge >= 0.3 is 23.9 Å². The first kappa shape index (κ1) is 37.3. The molecule has 1 rings (SSSR count). The summed E-state index contributed by atoms with van der Waals surface area (Å²) >= 11 is 0. The van der Waals surface area contributed by atoms with Crippen molar-refractivity contribution in [2.24, 2.45) is 21.7 Å². The number of amides is 1. The molecule has 11 heteroatoms.